The highest BCUT2D eigenvalue weighted by Crippen LogP contribution is 1.89. The van der Waals surface area contributed by atoms with Crippen molar-refractivity contribution in [1.29, 1.82) is 0 Å². The van der Waals surface area contributed by atoms with Gasteiger partial charge in [-0.1, -0.05) is 6.92 Å². The van der Waals surface area contributed by atoms with Crippen molar-refractivity contribution in [3.63, 3.8) is 0 Å². The zero-order chi connectivity index (χ0) is 6.57. The van der Waals surface area contributed by atoms with Crippen LogP contribution in [0.25, 0.3) is 0 Å². The summed E-state index contributed by atoms with van der Waals surface area (Å²) in [7, 11) is 0. The predicted molar refractivity (Wildman–Crippen MR) is 31.1 cm³/mol. The Morgan fingerprint density at radius 1 is 1.62 bits per heavy atom. The van der Waals surface area contributed by atoms with Gasteiger partial charge in [0.15, 0.2) is 0 Å². The molecule has 0 aromatic heterocycles. The van der Waals surface area contributed by atoms with E-state index in [9.17, 15) is 0 Å². The van der Waals surface area contributed by atoms with E-state index in [2.05, 4.69) is 0 Å². The first-order valence-corrected chi connectivity index (χ1v) is 2.75. The molecular weight excluding hydrogens is 106 g/mol. The third-order valence-electron chi connectivity index (χ3n) is 1.12. The molecule has 1 unspecified atom stereocenters. The second-order valence-electron chi connectivity index (χ2n) is 1.68. The highest BCUT2D eigenvalue weighted by atomic mass is 16.3. The Hall–Kier alpha value is -0.120. The number of aliphatic hydroxyl groups excluding tert-OH is 2. The number of aliphatic hydroxyl groups is 2. The molecule has 0 rings (SSSR count). The minimum absolute atomic E-state index is 0.0752. The first-order valence-electron chi connectivity index (χ1n) is 2.75. The number of rotatable bonds is 3. The monoisotopic (exact) mass is 119 g/mol. The number of nitrogens with zero attached hydrogens (tertiary/aromatic N) is 1. The standard InChI is InChI=1S/C5H13NO2/c1-3-6(4-7)5(2)8/h5,7-8H,3-4H2,1-2H3. The second-order valence-corrected chi connectivity index (χ2v) is 1.68. The molecule has 0 spiro atoms. The van der Waals surface area contributed by atoms with Crippen LogP contribution in [0.2, 0.25) is 0 Å². The largest absolute Gasteiger partial charge is 0.381 e. The summed E-state index contributed by atoms with van der Waals surface area (Å²) in [6, 6.07) is 0. The molecule has 0 amide bonds. The van der Waals surface area contributed by atoms with Crippen molar-refractivity contribution in [1.82, 2.24) is 4.90 Å². The third kappa shape index (κ3) is 2.26. The van der Waals surface area contributed by atoms with Crippen LogP contribution in [0, 0.1) is 0 Å². The molecule has 0 aliphatic rings. The topological polar surface area (TPSA) is 43.7 Å². The lowest BCUT2D eigenvalue weighted by Crippen LogP contribution is -2.33. The van der Waals surface area contributed by atoms with Crippen molar-refractivity contribution in [3.8, 4) is 0 Å². The summed E-state index contributed by atoms with van der Waals surface area (Å²) in [5.41, 5.74) is 0. The molecule has 0 heterocycles. The van der Waals surface area contributed by atoms with Gasteiger partial charge in [-0.05, 0) is 13.5 Å². The van der Waals surface area contributed by atoms with Gasteiger partial charge in [0.2, 0.25) is 0 Å². The Balaban J connectivity index is 3.35. The zero-order valence-electron chi connectivity index (χ0n) is 5.33. The van der Waals surface area contributed by atoms with E-state index < -0.39 is 6.23 Å². The Kier molecular flexibility index (Phi) is 3.77. The molecule has 0 saturated carbocycles. The molecule has 8 heavy (non-hydrogen) atoms. The van der Waals surface area contributed by atoms with Crippen LogP contribution in [0.1, 0.15) is 13.8 Å². The predicted octanol–water partition coefficient (Wildman–Crippen LogP) is -0.404. The Morgan fingerprint density at radius 2 is 2.12 bits per heavy atom. The van der Waals surface area contributed by atoms with E-state index in [-0.39, 0.29) is 6.73 Å². The molecule has 0 aromatic carbocycles. The lowest BCUT2D eigenvalue weighted by molar-refractivity contribution is -0.0306. The first-order chi connectivity index (χ1) is 3.72. The van der Waals surface area contributed by atoms with Crippen molar-refractivity contribution in [2.45, 2.75) is 20.1 Å². The van der Waals surface area contributed by atoms with Gasteiger partial charge in [0, 0.05) is 0 Å². The van der Waals surface area contributed by atoms with E-state index in [0.29, 0.717) is 6.54 Å². The van der Waals surface area contributed by atoms with E-state index in [4.69, 9.17) is 10.2 Å². The van der Waals surface area contributed by atoms with Crippen molar-refractivity contribution in [2.75, 3.05) is 13.3 Å². The smallest absolute Gasteiger partial charge is 0.106 e. The molecule has 3 nitrogen and oxygen atoms in total. The van der Waals surface area contributed by atoms with Crippen molar-refractivity contribution < 1.29 is 10.2 Å². The van der Waals surface area contributed by atoms with E-state index in [1.807, 2.05) is 6.92 Å². The molecule has 2 N–H and O–H groups in total. The minimum atomic E-state index is -0.537. The van der Waals surface area contributed by atoms with Gasteiger partial charge >= 0.3 is 0 Å². The van der Waals surface area contributed by atoms with Gasteiger partial charge in [-0.3, -0.25) is 4.90 Å². The summed E-state index contributed by atoms with van der Waals surface area (Å²) in [6.45, 7) is 4.10. The van der Waals surface area contributed by atoms with Gasteiger partial charge in [0.05, 0.1) is 6.73 Å². The van der Waals surface area contributed by atoms with Gasteiger partial charge in [-0.2, -0.15) is 0 Å². The number of hydrogen-bond donors (Lipinski definition) is 2. The normalized spacial score (nSPS) is 14.6. The first kappa shape index (κ1) is 7.88. The molecule has 1 atom stereocenters. The summed E-state index contributed by atoms with van der Waals surface area (Å²) in [6.07, 6.45) is -0.537. The molecule has 50 valence electrons. The van der Waals surface area contributed by atoms with Crippen LogP contribution in [0.4, 0.5) is 0 Å². The summed E-state index contributed by atoms with van der Waals surface area (Å²) >= 11 is 0. The minimum Gasteiger partial charge on any atom is -0.381 e. The maximum atomic E-state index is 8.78. The summed E-state index contributed by atoms with van der Waals surface area (Å²) in [5.74, 6) is 0. The average Bonchev–Trinajstić information content (AvgIpc) is 1.69. The second kappa shape index (κ2) is 3.83. The van der Waals surface area contributed by atoms with Crippen LogP contribution >= 0.6 is 0 Å². The maximum Gasteiger partial charge on any atom is 0.106 e. The molecule has 0 aliphatic carbocycles. The molecule has 0 aliphatic heterocycles. The fourth-order valence-electron chi connectivity index (χ4n) is 0.482. The van der Waals surface area contributed by atoms with Gasteiger partial charge in [-0.25, -0.2) is 0 Å². The molecule has 0 saturated heterocycles. The van der Waals surface area contributed by atoms with Crippen molar-refractivity contribution in [2.24, 2.45) is 0 Å². The van der Waals surface area contributed by atoms with Crippen LogP contribution in [0.5, 0.6) is 0 Å². The van der Waals surface area contributed by atoms with Crippen LogP contribution < -0.4 is 0 Å². The van der Waals surface area contributed by atoms with E-state index in [1.165, 1.54) is 4.90 Å². The van der Waals surface area contributed by atoms with Crippen molar-refractivity contribution in [3.05, 3.63) is 0 Å². The summed E-state index contributed by atoms with van der Waals surface area (Å²) in [5, 5.41) is 17.2. The maximum absolute atomic E-state index is 8.78. The van der Waals surface area contributed by atoms with Gasteiger partial charge in [0.1, 0.15) is 6.23 Å². The molecule has 0 bridgehead atoms. The van der Waals surface area contributed by atoms with E-state index >= 15 is 0 Å². The Morgan fingerprint density at radius 3 is 2.12 bits per heavy atom. The van der Waals surface area contributed by atoms with Crippen LogP contribution in [-0.4, -0.2) is 34.6 Å². The van der Waals surface area contributed by atoms with Crippen LogP contribution in [-0.2, 0) is 0 Å². The summed E-state index contributed by atoms with van der Waals surface area (Å²) < 4.78 is 0. The Labute approximate surface area is 49.5 Å². The molecular formula is C5H13NO2. The fourth-order valence-corrected chi connectivity index (χ4v) is 0.482. The highest BCUT2D eigenvalue weighted by molar-refractivity contribution is 4.46. The molecule has 0 radical (unpaired) electrons. The average molecular weight is 119 g/mol. The lowest BCUT2D eigenvalue weighted by Gasteiger charge is -2.19. The number of hydrogen-bond acceptors (Lipinski definition) is 3. The Bertz CT molecular complexity index is 52.4. The van der Waals surface area contributed by atoms with Gasteiger partial charge < -0.3 is 10.2 Å². The highest BCUT2D eigenvalue weighted by Gasteiger charge is 2.03. The third-order valence-corrected chi connectivity index (χ3v) is 1.12. The van der Waals surface area contributed by atoms with Gasteiger partial charge in [0.25, 0.3) is 0 Å². The molecule has 3 heteroatoms. The quantitative estimate of drug-likeness (QED) is 0.497. The van der Waals surface area contributed by atoms with E-state index in [0.717, 1.165) is 0 Å². The molecule has 0 fully saturated rings. The summed E-state index contributed by atoms with van der Waals surface area (Å²) in [4.78, 5) is 1.53. The lowest BCUT2D eigenvalue weighted by atomic mass is 10.5. The fraction of sp³-hybridized carbons (Fsp3) is 1.00. The van der Waals surface area contributed by atoms with Gasteiger partial charge in [-0.15, -0.1) is 0 Å². The van der Waals surface area contributed by atoms with Crippen LogP contribution in [0.3, 0.4) is 0 Å². The van der Waals surface area contributed by atoms with Crippen LogP contribution in [0.15, 0.2) is 0 Å². The van der Waals surface area contributed by atoms with E-state index in [1.54, 1.807) is 6.92 Å². The zero-order valence-corrected chi connectivity index (χ0v) is 5.33. The SMILES string of the molecule is CCN(CO)C(C)O. The van der Waals surface area contributed by atoms with Crippen molar-refractivity contribution >= 4 is 0 Å². The molecule has 0 aromatic rings.